The predicted molar refractivity (Wildman–Crippen MR) is 85.8 cm³/mol. The average molecular weight is 313 g/mol. The topological polar surface area (TPSA) is 62.3 Å². The summed E-state index contributed by atoms with van der Waals surface area (Å²) in [5.74, 6) is -0.107. The van der Waals surface area contributed by atoms with Crippen LogP contribution in [0.3, 0.4) is 0 Å². The van der Waals surface area contributed by atoms with Gasteiger partial charge in [-0.25, -0.2) is 9.29 Å². The van der Waals surface area contributed by atoms with Gasteiger partial charge in [0, 0.05) is 16.2 Å². The maximum absolute atomic E-state index is 12.6. The number of pyridine rings is 1. The maximum Gasteiger partial charge on any atom is 0.251 e. The number of aromatic nitrogens is 1. The molecule has 5 nitrogen and oxygen atoms in total. The van der Waals surface area contributed by atoms with Crippen molar-refractivity contribution >= 4 is 29.5 Å². The number of benzene rings is 1. The van der Waals surface area contributed by atoms with E-state index in [1.807, 2.05) is 31.2 Å². The highest BCUT2D eigenvalue weighted by Gasteiger charge is 2.37. The lowest BCUT2D eigenvalue weighted by Gasteiger charge is -2.30. The first-order valence-electron chi connectivity index (χ1n) is 6.85. The summed E-state index contributed by atoms with van der Waals surface area (Å²) in [6.45, 7) is 1.85. The molecule has 1 aliphatic heterocycles. The zero-order chi connectivity index (χ0) is 15.7. The van der Waals surface area contributed by atoms with Crippen LogP contribution in [0, 0.1) is 6.92 Å². The monoisotopic (exact) mass is 313 g/mol. The molecule has 2 aromatic rings. The van der Waals surface area contributed by atoms with E-state index in [9.17, 15) is 9.59 Å². The Balaban J connectivity index is 1.85. The molecule has 0 saturated heterocycles. The molecule has 0 bridgehead atoms. The third-order valence-electron chi connectivity index (χ3n) is 3.39. The Bertz CT molecular complexity index is 748. The Morgan fingerprint density at radius 1 is 1.23 bits per heavy atom. The number of nitrogens with one attached hydrogen (secondary N) is 1. The van der Waals surface area contributed by atoms with Crippen molar-refractivity contribution in [1.29, 1.82) is 0 Å². The van der Waals surface area contributed by atoms with Crippen molar-refractivity contribution in [3.8, 4) is 0 Å². The Labute approximate surface area is 132 Å². The molecule has 0 aliphatic carbocycles. The van der Waals surface area contributed by atoms with Crippen molar-refractivity contribution in [2.24, 2.45) is 0 Å². The lowest BCUT2D eigenvalue weighted by atomic mass is 10.0. The fourth-order valence-corrected chi connectivity index (χ4v) is 3.38. The molecule has 0 spiro atoms. The van der Waals surface area contributed by atoms with Crippen molar-refractivity contribution in [2.75, 3.05) is 12.4 Å². The van der Waals surface area contributed by atoms with Crippen LogP contribution in [-0.2, 0) is 4.79 Å². The second-order valence-corrected chi connectivity index (χ2v) is 6.25. The van der Waals surface area contributed by atoms with Crippen LogP contribution in [0.15, 0.2) is 47.4 Å². The van der Waals surface area contributed by atoms with Crippen LogP contribution in [-0.4, -0.2) is 34.1 Å². The van der Waals surface area contributed by atoms with Crippen molar-refractivity contribution < 1.29 is 9.59 Å². The summed E-state index contributed by atoms with van der Waals surface area (Å²) in [7, 11) is 1.74. The molecule has 1 atom stereocenters. The summed E-state index contributed by atoms with van der Waals surface area (Å²) in [5, 5.41) is 2.72. The van der Waals surface area contributed by atoms with Gasteiger partial charge in [-0.1, -0.05) is 24.3 Å². The third kappa shape index (κ3) is 2.75. The SMILES string of the molecule is Cc1cccc(NC(=O)C2C(=O)c3ccccc3SN2C)n1. The number of amides is 1. The minimum atomic E-state index is -0.859. The van der Waals surface area contributed by atoms with Crippen molar-refractivity contribution in [2.45, 2.75) is 17.9 Å². The molecule has 112 valence electrons. The molecule has 3 rings (SSSR count). The van der Waals surface area contributed by atoms with Crippen LogP contribution in [0.1, 0.15) is 16.1 Å². The number of likely N-dealkylation sites (N-methyl/N-ethyl adjacent to an activating group) is 1. The first-order chi connectivity index (χ1) is 10.6. The summed E-state index contributed by atoms with van der Waals surface area (Å²) in [6.07, 6.45) is 0. The van der Waals surface area contributed by atoms with Crippen LogP contribution in [0.25, 0.3) is 0 Å². The van der Waals surface area contributed by atoms with E-state index in [0.717, 1.165) is 10.6 Å². The normalized spacial score (nSPS) is 17.9. The second kappa shape index (κ2) is 5.90. The molecular weight excluding hydrogens is 298 g/mol. The highest BCUT2D eigenvalue weighted by molar-refractivity contribution is 7.97. The summed E-state index contributed by atoms with van der Waals surface area (Å²) >= 11 is 1.40. The van der Waals surface area contributed by atoms with E-state index < -0.39 is 6.04 Å². The molecule has 1 amide bonds. The number of carbonyl (C=O) groups excluding carboxylic acids is 2. The molecule has 0 saturated carbocycles. The van der Waals surface area contributed by atoms with Gasteiger partial charge < -0.3 is 5.32 Å². The molecular formula is C16H15N3O2S. The smallest absolute Gasteiger partial charge is 0.251 e. The van der Waals surface area contributed by atoms with E-state index in [-0.39, 0.29) is 11.7 Å². The lowest BCUT2D eigenvalue weighted by molar-refractivity contribution is -0.118. The van der Waals surface area contributed by atoms with E-state index >= 15 is 0 Å². The maximum atomic E-state index is 12.6. The van der Waals surface area contributed by atoms with Gasteiger partial charge in [0.15, 0.2) is 11.8 Å². The van der Waals surface area contributed by atoms with Crippen LogP contribution >= 0.6 is 11.9 Å². The molecule has 2 heterocycles. The first kappa shape index (κ1) is 14.7. The first-order valence-corrected chi connectivity index (χ1v) is 7.62. The number of Topliss-reactive ketones (excluding diaryl/α,β-unsaturated/α-hetero) is 1. The summed E-state index contributed by atoms with van der Waals surface area (Å²) in [6, 6.07) is 11.8. The molecule has 1 aromatic carbocycles. The van der Waals surface area contributed by atoms with Crippen molar-refractivity contribution in [3.63, 3.8) is 0 Å². The van der Waals surface area contributed by atoms with Gasteiger partial charge >= 0.3 is 0 Å². The third-order valence-corrected chi connectivity index (χ3v) is 4.45. The quantitative estimate of drug-likeness (QED) is 0.682. The van der Waals surface area contributed by atoms with Crippen LogP contribution in [0.5, 0.6) is 0 Å². The summed E-state index contributed by atoms with van der Waals surface area (Å²) < 4.78 is 1.68. The predicted octanol–water partition coefficient (Wildman–Crippen LogP) is 2.53. The Morgan fingerprint density at radius 2 is 2.00 bits per heavy atom. The van der Waals surface area contributed by atoms with Gasteiger partial charge in [-0.15, -0.1) is 0 Å². The molecule has 1 N–H and O–H groups in total. The van der Waals surface area contributed by atoms with E-state index in [2.05, 4.69) is 10.3 Å². The van der Waals surface area contributed by atoms with E-state index in [1.165, 1.54) is 11.9 Å². The largest absolute Gasteiger partial charge is 0.309 e. The molecule has 0 radical (unpaired) electrons. The minimum Gasteiger partial charge on any atom is -0.309 e. The highest BCUT2D eigenvalue weighted by Crippen LogP contribution is 2.33. The molecule has 1 aromatic heterocycles. The Kier molecular flexibility index (Phi) is 3.96. The summed E-state index contributed by atoms with van der Waals surface area (Å²) in [5.41, 5.74) is 1.39. The van der Waals surface area contributed by atoms with Gasteiger partial charge in [0.1, 0.15) is 5.82 Å². The molecule has 1 aliphatic rings. The fourth-order valence-electron chi connectivity index (χ4n) is 2.36. The number of hydrogen-bond donors (Lipinski definition) is 1. The molecule has 1 unspecified atom stereocenters. The van der Waals surface area contributed by atoms with E-state index in [0.29, 0.717) is 11.4 Å². The highest BCUT2D eigenvalue weighted by atomic mass is 32.2. The van der Waals surface area contributed by atoms with Crippen molar-refractivity contribution in [1.82, 2.24) is 9.29 Å². The molecule has 6 heteroatoms. The Hall–Kier alpha value is -2.18. The van der Waals surface area contributed by atoms with Gasteiger partial charge in [-0.05, 0) is 44.1 Å². The average Bonchev–Trinajstić information content (AvgIpc) is 2.47. The number of anilines is 1. The lowest BCUT2D eigenvalue weighted by Crippen LogP contribution is -2.46. The van der Waals surface area contributed by atoms with E-state index in [1.54, 1.807) is 29.6 Å². The second-order valence-electron chi connectivity index (χ2n) is 5.05. The van der Waals surface area contributed by atoms with Crippen LogP contribution < -0.4 is 5.32 Å². The number of fused-ring (bicyclic) bond motifs is 1. The summed E-state index contributed by atoms with van der Waals surface area (Å²) in [4.78, 5) is 30.2. The number of aryl methyl sites for hydroxylation is 1. The zero-order valence-corrected chi connectivity index (χ0v) is 13.1. The zero-order valence-electron chi connectivity index (χ0n) is 12.2. The van der Waals surface area contributed by atoms with Crippen LogP contribution in [0.2, 0.25) is 0 Å². The number of nitrogens with zero attached hydrogens (tertiary/aromatic N) is 2. The molecule has 22 heavy (non-hydrogen) atoms. The van der Waals surface area contributed by atoms with Gasteiger partial charge in [0.2, 0.25) is 0 Å². The molecule has 0 fully saturated rings. The fraction of sp³-hybridized carbons (Fsp3) is 0.188. The van der Waals surface area contributed by atoms with Gasteiger partial charge in [-0.2, -0.15) is 0 Å². The number of carbonyl (C=O) groups is 2. The van der Waals surface area contributed by atoms with Gasteiger partial charge in [0.25, 0.3) is 5.91 Å². The standard InChI is InChI=1S/C16H15N3O2S/c1-10-6-5-9-13(17-10)18-16(21)14-15(20)11-7-3-4-8-12(11)22-19(14)2/h3-9,14H,1-2H3,(H,17,18,21). The van der Waals surface area contributed by atoms with Crippen molar-refractivity contribution in [3.05, 3.63) is 53.7 Å². The number of hydrogen-bond acceptors (Lipinski definition) is 5. The van der Waals surface area contributed by atoms with E-state index in [4.69, 9.17) is 0 Å². The van der Waals surface area contributed by atoms with Crippen LogP contribution in [0.4, 0.5) is 5.82 Å². The minimum absolute atomic E-state index is 0.193. The number of rotatable bonds is 2. The number of ketones is 1. The Morgan fingerprint density at radius 3 is 2.77 bits per heavy atom. The van der Waals surface area contributed by atoms with Gasteiger partial charge in [0.05, 0.1) is 0 Å². The van der Waals surface area contributed by atoms with Gasteiger partial charge in [-0.3, -0.25) is 9.59 Å².